The summed E-state index contributed by atoms with van der Waals surface area (Å²) in [7, 11) is 0. The minimum Gasteiger partial charge on any atom is -0.363 e. The molecule has 0 aromatic heterocycles. The van der Waals surface area contributed by atoms with Gasteiger partial charge in [0, 0.05) is 23.8 Å². The maximum atomic E-state index is 13.5. The van der Waals surface area contributed by atoms with Crippen molar-refractivity contribution in [1.29, 1.82) is 0 Å². The summed E-state index contributed by atoms with van der Waals surface area (Å²) in [4.78, 5) is 2.09. The molecule has 0 aliphatic heterocycles. The van der Waals surface area contributed by atoms with Gasteiger partial charge in [-0.3, -0.25) is 0 Å². The van der Waals surface area contributed by atoms with Crippen LogP contribution in [-0.4, -0.2) is 13.1 Å². The van der Waals surface area contributed by atoms with Crippen LogP contribution in [0.1, 0.15) is 24.1 Å². The first kappa shape index (κ1) is 15.8. The van der Waals surface area contributed by atoms with Gasteiger partial charge in [0.15, 0.2) is 0 Å². The van der Waals surface area contributed by atoms with Gasteiger partial charge >= 0.3 is 0 Å². The second kappa shape index (κ2) is 6.92. The van der Waals surface area contributed by atoms with Crippen molar-refractivity contribution in [2.45, 2.75) is 19.9 Å². The fourth-order valence-electron chi connectivity index (χ4n) is 2.50. The molecule has 1 atom stereocenters. The Morgan fingerprint density at radius 2 is 2.00 bits per heavy atom. The number of nitrogens with zero attached hydrogens (tertiary/aromatic N) is 1. The molecular formula is C17H20ClFN2. The van der Waals surface area contributed by atoms with E-state index in [4.69, 9.17) is 17.3 Å². The second-order valence-corrected chi connectivity index (χ2v) is 5.43. The lowest BCUT2D eigenvalue weighted by molar-refractivity contribution is 0.616. The van der Waals surface area contributed by atoms with E-state index in [1.165, 1.54) is 12.1 Å². The predicted octanol–water partition coefficient (Wildman–Crippen LogP) is 4.31. The van der Waals surface area contributed by atoms with Crippen LogP contribution in [-0.2, 0) is 0 Å². The number of hydrogen-bond donors (Lipinski definition) is 1. The molecule has 2 rings (SSSR count). The quantitative estimate of drug-likeness (QED) is 0.891. The summed E-state index contributed by atoms with van der Waals surface area (Å²) < 4.78 is 13.5. The number of rotatable bonds is 5. The zero-order valence-corrected chi connectivity index (χ0v) is 13.1. The van der Waals surface area contributed by atoms with Crippen molar-refractivity contribution in [3.8, 4) is 0 Å². The normalized spacial score (nSPS) is 12.2. The summed E-state index contributed by atoms with van der Waals surface area (Å²) in [6.45, 7) is 5.16. The smallest absolute Gasteiger partial charge is 0.125 e. The van der Waals surface area contributed by atoms with Crippen LogP contribution in [0.4, 0.5) is 10.1 Å². The minimum atomic E-state index is -0.247. The zero-order valence-electron chi connectivity index (χ0n) is 12.3. The van der Waals surface area contributed by atoms with Crippen LogP contribution in [0.5, 0.6) is 0 Å². The summed E-state index contributed by atoms with van der Waals surface area (Å²) in [6, 6.07) is 12.5. The Balaban J connectivity index is 2.39. The molecule has 4 heteroatoms. The molecular weight excluding hydrogens is 287 g/mol. The van der Waals surface area contributed by atoms with E-state index in [2.05, 4.69) is 4.90 Å². The topological polar surface area (TPSA) is 29.3 Å². The van der Waals surface area contributed by atoms with E-state index in [1.807, 2.05) is 38.1 Å². The fraction of sp³-hybridized carbons (Fsp3) is 0.294. The van der Waals surface area contributed by atoms with Gasteiger partial charge in [-0.25, -0.2) is 4.39 Å². The third-order valence-electron chi connectivity index (χ3n) is 3.66. The highest BCUT2D eigenvalue weighted by molar-refractivity contribution is 6.31. The monoisotopic (exact) mass is 306 g/mol. The summed E-state index contributed by atoms with van der Waals surface area (Å²) in [6.07, 6.45) is 0. The molecule has 0 heterocycles. The number of nitrogens with two attached hydrogens (primary N) is 1. The first-order chi connectivity index (χ1) is 10.1. The summed E-state index contributed by atoms with van der Waals surface area (Å²) >= 11 is 6.21. The van der Waals surface area contributed by atoms with Gasteiger partial charge < -0.3 is 10.6 Å². The van der Waals surface area contributed by atoms with Crippen LogP contribution in [0, 0.1) is 12.7 Å². The van der Waals surface area contributed by atoms with Crippen LogP contribution >= 0.6 is 11.6 Å². The van der Waals surface area contributed by atoms with Gasteiger partial charge in [-0.15, -0.1) is 0 Å². The van der Waals surface area contributed by atoms with E-state index >= 15 is 0 Å². The fourth-order valence-corrected chi connectivity index (χ4v) is 2.69. The summed E-state index contributed by atoms with van der Waals surface area (Å²) in [5, 5.41) is 0.723. The molecule has 1 unspecified atom stereocenters. The second-order valence-electron chi connectivity index (χ2n) is 5.03. The third-order valence-corrected chi connectivity index (χ3v) is 4.07. The van der Waals surface area contributed by atoms with E-state index in [0.717, 1.165) is 28.4 Å². The van der Waals surface area contributed by atoms with Gasteiger partial charge in [-0.2, -0.15) is 0 Å². The molecule has 21 heavy (non-hydrogen) atoms. The molecule has 2 nitrogen and oxygen atoms in total. The van der Waals surface area contributed by atoms with E-state index in [-0.39, 0.29) is 11.9 Å². The van der Waals surface area contributed by atoms with Crippen molar-refractivity contribution in [3.05, 3.63) is 64.4 Å². The zero-order chi connectivity index (χ0) is 15.4. The highest BCUT2D eigenvalue weighted by Gasteiger charge is 2.19. The Morgan fingerprint density at radius 3 is 2.57 bits per heavy atom. The van der Waals surface area contributed by atoms with Crippen LogP contribution in [0.25, 0.3) is 0 Å². The standard InChI is InChI=1S/C17H20ClFN2/c1-3-21(15-6-4-5-14(19)10-15)17(11-20)13-8-7-12(2)16(18)9-13/h4-10,17H,3,11,20H2,1-2H3. The number of hydrogen-bond acceptors (Lipinski definition) is 2. The molecule has 0 bridgehead atoms. The van der Waals surface area contributed by atoms with E-state index < -0.39 is 0 Å². The van der Waals surface area contributed by atoms with Crippen molar-refractivity contribution in [3.63, 3.8) is 0 Å². The SMILES string of the molecule is CCN(c1cccc(F)c1)C(CN)c1ccc(C)c(Cl)c1. The Bertz CT molecular complexity index is 615. The average molecular weight is 307 g/mol. The molecule has 2 N–H and O–H groups in total. The van der Waals surface area contributed by atoms with Gasteiger partial charge in [-0.1, -0.05) is 29.8 Å². The van der Waals surface area contributed by atoms with E-state index in [0.29, 0.717) is 6.54 Å². The molecule has 0 spiro atoms. The van der Waals surface area contributed by atoms with Gasteiger partial charge in [0.25, 0.3) is 0 Å². The average Bonchev–Trinajstić information content (AvgIpc) is 2.47. The number of aryl methyl sites for hydroxylation is 1. The number of benzene rings is 2. The van der Waals surface area contributed by atoms with Crippen molar-refractivity contribution in [1.82, 2.24) is 0 Å². The van der Waals surface area contributed by atoms with Crippen molar-refractivity contribution >= 4 is 17.3 Å². The largest absolute Gasteiger partial charge is 0.363 e. The van der Waals surface area contributed by atoms with Gasteiger partial charge in [0.2, 0.25) is 0 Å². The van der Waals surface area contributed by atoms with Crippen LogP contribution in [0.15, 0.2) is 42.5 Å². The van der Waals surface area contributed by atoms with Crippen molar-refractivity contribution in [2.24, 2.45) is 5.73 Å². The first-order valence-electron chi connectivity index (χ1n) is 7.05. The Kier molecular flexibility index (Phi) is 5.21. The van der Waals surface area contributed by atoms with E-state index in [1.54, 1.807) is 6.07 Å². The Hall–Kier alpha value is -1.58. The van der Waals surface area contributed by atoms with Gasteiger partial charge in [0.1, 0.15) is 5.82 Å². The highest BCUT2D eigenvalue weighted by Crippen LogP contribution is 2.29. The molecule has 0 amide bonds. The lowest BCUT2D eigenvalue weighted by Gasteiger charge is -2.32. The molecule has 2 aromatic rings. The lowest BCUT2D eigenvalue weighted by atomic mass is 10.0. The highest BCUT2D eigenvalue weighted by atomic mass is 35.5. The molecule has 0 radical (unpaired) electrons. The van der Waals surface area contributed by atoms with E-state index in [9.17, 15) is 4.39 Å². The maximum Gasteiger partial charge on any atom is 0.125 e. The number of likely N-dealkylation sites (N-methyl/N-ethyl adjacent to an activating group) is 1. The maximum absolute atomic E-state index is 13.5. The molecule has 0 aliphatic rings. The summed E-state index contributed by atoms with van der Waals surface area (Å²) in [5.74, 6) is -0.247. The molecule has 0 saturated carbocycles. The van der Waals surface area contributed by atoms with Gasteiger partial charge in [-0.05, 0) is 49.2 Å². The molecule has 0 fully saturated rings. The van der Waals surface area contributed by atoms with Crippen molar-refractivity contribution in [2.75, 3.05) is 18.0 Å². The molecule has 2 aromatic carbocycles. The van der Waals surface area contributed by atoms with Crippen LogP contribution in [0.2, 0.25) is 5.02 Å². The number of anilines is 1. The minimum absolute atomic E-state index is 0.0325. The van der Waals surface area contributed by atoms with Crippen molar-refractivity contribution < 1.29 is 4.39 Å². The molecule has 0 saturated heterocycles. The summed E-state index contributed by atoms with van der Waals surface area (Å²) in [5.41, 5.74) is 8.86. The molecule has 112 valence electrons. The Labute approximate surface area is 130 Å². The first-order valence-corrected chi connectivity index (χ1v) is 7.43. The number of halogens is 2. The predicted molar refractivity (Wildman–Crippen MR) is 87.4 cm³/mol. The van der Waals surface area contributed by atoms with Crippen LogP contribution < -0.4 is 10.6 Å². The lowest BCUT2D eigenvalue weighted by Crippen LogP contribution is -2.33. The molecule has 0 aliphatic carbocycles. The third kappa shape index (κ3) is 3.55. The van der Waals surface area contributed by atoms with Crippen LogP contribution in [0.3, 0.4) is 0 Å². The van der Waals surface area contributed by atoms with Gasteiger partial charge in [0.05, 0.1) is 6.04 Å². The Morgan fingerprint density at radius 1 is 1.24 bits per heavy atom.